The number of para-hydroxylation sites is 1. The molecule has 0 saturated carbocycles. The van der Waals surface area contributed by atoms with Crippen LogP contribution in [0, 0.1) is 0 Å². The molecule has 0 unspecified atom stereocenters. The number of carbonyl (C=O) groups excluding carboxylic acids is 1. The molecule has 1 aliphatic heterocycles. The van der Waals surface area contributed by atoms with Gasteiger partial charge in [0.05, 0.1) is 35.7 Å². The van der Waals surface area contributed by atoms with Crippen molar-refractivity contribution in [2.24, 2.45) is 0 Å². The van der Waals surface area contributed by atoms with Crippen molar-refractivity contribution in [2.45, 2.75) is 6.54 Å². The molecule has 4 rings (SSSR count). The molecule has 2 aromatic heterocycles. The van der Waals surface area contributed by atoms with E-state index in [1.54, 1.807) is 6.20 Å². The average Bonchev–Trinajstić information content (AvgIpc) is 3.11. The van der Waals surface area contributed by atoms with Crippen LogP contribution in [0.5, 0.6) is 0 Å². The van der Waals surface area contributed by atoms with Crippen molar-refractivity contribution in [1.29, 1.82) is 0 Å². The minimum absolute atomic E-state index is 0.187. The Morgan fingerprint density at radius 2 is 2.04 bits per heavy atom. The highest BCUT2D eigenvalue weighted by molar-refractivity contribution is 7.20. The summed E-state index contributed by atoms with van der Waals surface area (Å²) < 4.78 is 6.35. The van der Waals surface area contributed by atoms with Gasteiger partial charge >= 0.3 is 0 Å². The summed E-state index contributed by atoms with van der Waals surface area (Å²) in [4.78, 5) is 27.6. The Morgan fingerprint density at radius 3 is 2.88 bits per heavy atom. The quantitative estimate of drug-likeness (QED) is 0.769. The molecule has 1 fully saturated rings. The normalized spacial score (nSPS) is 14.6. The van der Waals surface area contributed by atoms with Crippen LogP contribution in [0.4, 0.5) is 5.95 Å². The number of aromatic nitrogens is 3. The molecule has 0 radical (unpaired) electrons. The third-order valence-electron chi connectivity index (χ3n) is 3.91. The predicted octanol–water partition coefficient (Wildman–Crippen LogP) is 1.85. The fourth-order valence-electron chi connectivity index (χ4n) is 2.61. The SMILES string of the molecule is O=C(NCc1ccnc(N2CCOCC2)n1)c1nc2ccccc2s1. The Hall–Kier alpha value is -2.58. The van der Waals surface area contributed by atoms with Gasteiger partial charge in [-0.2, -0.15) is 0 Å². The summed E-state index contributed by atoms with van der Waals surface area (Å²) in [6, 6.07) is 9.53. The van der Waals surface area contributed by atoms with Crippen LogP contribution in [-0.2, 0) is 11.3 Å². The van der Waals surface area contributed by atoms with Gasteiger partial charge in [-0.15, -0.1) is 11.3 Å². The van der Waals surface area contributed by atoms with Crippen LogP contribution in [0.2, 0.25) is 0 Å². The summed E-state index contributed by atoms with van der Waals surface area (Å²) in [5, 5.41) is 3.34. The molecule has 3 aromatic rings. The number of nitrogens with one attached hydrogen (secondary N) is 1. The van der Waals surface area contributed by atoms with E-state index in [2.05, 4.69) is 25.2 Å². The summed E-state index contributed by atoms with van der Waals surface area (Å²) in [5.41, 5.74) is 1.61. The number of hydrogen-bond donors (Lipinski definition) is 1. The Balaban J connectivity index is 1.42. The van der Waals surface area contributed by atoms with Gasteiger partial charge in [0.2, 0.25) is 5.95 Å². The Morgan fingerprint density at radius 1 is 1.20 bits per heavy atom. The lowest BCUT2D eigenvalue weighted by atomic mass is 10.3. The van der Waals surface area contributed by atoms with Gasteiger partial charge in [-0.3, -0.25) is 4.79 Å². The lowest BCUT2D eigenvalue weighted by molar-refractivity contribution is 0.0950. The Labute approximate surface area is 148 Å². The number of thiazole rings is 1. The van der Waals surface area contributed by atoms with Crippen molar-refractivity contribution in [1.82, 2.24) is 20.3 Å². The summed E-state index contributed by atoms with van der Waals surface area (Å²) >= 11 is 1.39. The van der Waals surface area contributed by atoms with E-state index in [1.165, 1.54) is 11.3 Å². The van der Waals surface area contributed by atoms with Gasteiger partial charge in [-0.25, -0.2) is 15.0 Å². The van der Waals surface area contributed by atoms with E-state index in [0.717, 1.165) is 29.0 Å². The summed E-state index contributed by atoms with van der Waals surface area (Å²) in [5.74, 6) is 0.489. The van der Waals surface area contributed by atoms with Crippen molar-refractivity contribution < 1.29 is 9.53 Å². The topological polar surface area (TPSA) is 80.2 Å². The second kappa shape index (κ2) is 7.12. The van der Waals surface area contributed by atoms with Crippen molar-refractivity contribution in [3.8, 4) is 0 Å². The molecule has 0 atom stereocenters. The van der Waals surface area contributed by atoms with Gasteiger partial charge in [-0.05, 0) is 18.2 Å². The van der Waals surface area contributed by atoms with E-state index in [9.17, 15) is 4.79 Å². The molecule has 1 aromatic carbocycles. The van der Waals surface area contributed by atoms with Crippen LogP contribution >= 0.6 is 11.3 Å². The van der Waals surface area contributed by atoms with Crippen molar-refractivity contribution in [2.75, 3.05) is 31.2 Å². The number of rotatable bonds is 4. The second-order valence-corrected chi connectivity index (χ2v) is 6.65. The molecule has 128 valence electrons. The van der Waals surface area contributed by atoms with Crippen molar-refractivity contribution >= 4 is 33.4 Å². The predicted molar refractivity (Wildman–Crippen MR) is 95.9 cm³/mol. The third kappa shape index (κ3) is 3.59. The second-order valence-electron chi connectivity index (χ2n) is 5.62. The maximum atomic E-state index is 12.3. The highest BCUT2D eigenvalue weighted by Crippen LogP contribution is 2.21. The molecule has 1 N–H and O–H groups in total. The maximum Gasteiger partial charge on any atom is 0.280 e. The number of morpholine rings is 1. The molecule has 1 saturated heterocycles. The van der Waals surface area contributed by atoms with Gasteiger partial charge in [0.25, 0.3) is 5.91 Å². The highest BCUT2D eigenvalue weighted by Gasteiger charge is 2.15. The van der Waals surface area contributed by atoms with Crippen LogP contribution in [-0.4, -0.2) is 47.2 Å². The molecule has 8 heteroatoms. The molecule has 1 amide bonds. The molecular formula is C17H17N5O2S. The van der Waals surface area contributed by atoms with Gasteiger partial charge in [0.15, 0.2) is 5.01 Å². The Bertz CT molecular complexity index is 858. The zero-order valence-corrected chi connectivity index (χ0v) is 14.3. The number of carbonyl (C=O) groups is 1. The van der Waals surface area contributed by atoms with E-state index in [4.69, 9.17) is 4.74 Å². The number of nitrogens with zero attached hydrogens (tertiary/aromatic N) is 4. The van der Waals surface area contributed by atoms with Crippen molar-refractivity contribution in [3.63, 3.8) is 0 Å². The largest absolute Gasteiger partial charge is 0.378 e. The molecule has 3 heterocycles. The van der Waals surface area contributed by atoms with E-state index >= 15 is 0 Å². The summed E-state index contributed by atoms with van der Waals surface area (Å²) in [7, 11) is 0. The van der Waals surface area contributed by atoms with E-state index < -0.39 is 0 Å². The lowest BCUT2D eigenvalue weighted by Crippen LogP contribution is -2.37. The first-order valence-electron chi connectivity index (χ1n) is 8.08. The number of hydrogen-bond acceptors (Lipinski definition) is 7. The fraction of sp³-hybridized carbons (Fsp3) is 0.294. The number of anilines is 1. The number of benzene rings is 1. The van der Waals surface area contributed by atoms with Crippen LogP contribution < -0.4 is 10.2 Å². The highest BCUT2D eigenvalue weighted by atomic mass is 32.1. The zero-order valence-electron chi connectivity index (χ0n) is 13.5. The molecule has 1 aliphatic rings. The van der Waals surface area contributed by atoms with E-state index in [1.807, 2.05) is 30.3 Å². The Kier molecular flexibility index (Phi) is 4.53. The van der Waals surface area contributed by atoms with Crippen LogP contribution in [0.25, 0.3) is 10.2 Å². The molecule has 0 spiro atoms. The smallest absolute Gasteiger partial charge is 0.280 e. The first kappa shape index (κ1) is 15.9. The monoisotopic (exact) mass is 355 g/mol. The average molecular weight is 355 g/mol. The van der Waals surface area contributed by atoms with Crippen molar-refractivity contribution in [3.05, 3.63) is 47.2 Å². The van der Waals surface area contributed by atoms with Crippen LogP contribution in [0.1, 0.15) is 15.5 Å². The minimum Gasteiger partial charge on any atom is -0.378 e. The summed E-state index contributed by atoms with van der Waals surface area (Å²) in [6.45, 7) is 3.27. The van der Waals surface area contributed by atoms with E-state index in [-0.39, 0.29) is 5.91 Å². The minimum atomic E-state index is -0.187. The molecule has 25 heavy (non-hydrogen) atoms. The van der Waals surface area contributed by atoms with Gasteiger partial charge in [0.1, 0.15) is 0 Å². The first-order valence-corrected chi connectivity index (χ1v) is 8.89. The third-order valence-corrected chi connectivity index (χ3v) is 4.95. The molecule has 0 aliphatic carbocycles. The van der Waals surface area contributed by atoms with Crippen LogP contribution in [0.3, 0.4) is 0 Å². The lowest BCUT2D eigenvalue weighted by Gasteiger charge is -2.26. The molecular weight excluding hydrogens is 338 g/mol. The number of amides is 1. The van der Waals surface area contributed by atoms with Gasteiger partial charge in [-0.1, -0.05) is 12.1 Å². The molecule has 0 bridgehead atoms. The zero-order chi connectivity index (χ0) is 17.1. The maximum absolute atomic E-state index is 12.3. The van der Waals surface area contributed by atoms with Gasteiger partial charge in [0, 0.05) is 19.3 Å². The number of ether oxygens (including phenoxy) is 1. The number of fused-ring (bicyclic) bond motifs is 1. The van der Waals surface area contributed by atoms with Gasteiger partial charge < -0.3 is 15.0 Å². The standard InChI is InChI=1S/C17H17N5O2S/c23-15(16-21-13-3-1-2-4-14(13)25-16)19-11-12-5-6-18-17(20-12)22-7-9-24-10-8-22/h1-6H,7-11H2,(H,19,23). The summed E-state index contributed by atoms with van der Waals surface area (Å²) in [6.07, 6.45) is 1.72. The first-order chi connectivity index (χ1) is 12.3. The van der Waals surface area contributed by atoms with Crippen LogP contribution in [0.15, 0.2) is 36.5 Å². The fourth-order valence-corrected chi connectivity index (χ4v) is 3.50. The van der Waals surface area contributed by atoms with E-state index in [0.29, 0.717) is 30.7 Å². The molecule has 7 nitrogen and oxygen atoms in total.